The second-order valence-corrected chi connectivity index (χ2v) is 29.1. The Morgan fingerprint density at radius 2 is 0.820 bits per heavy atom. The van der Waals surface area contributed by atoms with Gasteiger partial charge in [0.2, 0.25) is 0 Å². The van der Waals surface area contributed by atoms with Crippen LogP contribution in [0.5, 0.6) is 0 Å². The third kappa shape index (κ3) is 4.53. The van der Waals surface area contributed by atoms with Gasteiger partial charge in [0.25, 0.3) is 0 Å². The molecule has 18 aromatic rings. The summed E-state index contributed by atoms with van der Waals surface area (Å²) in [4.78, 5) is 22.3. The van der Waals surface area contributed by atoms with Crippen LogP contribution in [0.4, 0.5) is 0 Å². The van der Waals surface area contributed by atoms with E-state index in [1.165, 1.54) is 167 Å². The predicted molar refractivity (Wildman–Crippen MR) is 353 cm³/mol. The fraction of sp³-hybridized carbons (Fsp3) is 0.225. The van der Waals surface area contributed by atoms with Gasteiger partial charge in [-0.15, -0.1) is 0 Å². The summed E-state index contributed by atoms with van der Waals surface area (Å²) in [6.45, 7) is 0. The van der Waals surface area contributed by atoms with E-state index in [0.717, 1.165) is 89.6 Å². The molecule has 8 aliphatic carbocycles. The Balaban J connectivity index is 0.962. The van der Waals surface area contributed by atoms with E-state index in [-0.39, 0.29) is 0 Å². The van der Waals surface area contributed by atoms with E-state index in [2.05, 4.69) is 178 Å². The molecule has 9 nitrogen and oxygen atoms in total. The number of aromatic nitrogens is 7. The molecular formula is C80H51N7O2. The molecule has 6 fully saturated rings. The average molecular weight is 1140 g/mol. The number of hydrogen-bond donors (Lipinski definition) is 0. The number of furan rings is 2. The van der Waals surface area contributed by atoms with Gasteiger partial charge in [-0.2, -0.15) is 0 Å². The van der Waals surface area contributed by atoms with Gasteiger partial charge >= 0.3 is 0 Å². The van der Waals surface area contributed by atoms with Crippen molar-refractivity contribution in [1.82, 2.24) is 33.3 Å². The van der Waals surface area contributed by atoms with Crippen molar-refractivity contribution in [3.05, 3.63) is 187 Å². The molecule has 4 bridgehead atoms. The minimum atomic E-state index is 0.415. The molecule has 0 radical (unpaired) electrons. The molecular weight excluding hydrogens is 1090 g/mol. The Labute approximate surface area is 505 Å². The van der Waals surface area contributed by atoms with Gasteiger partial charge in [-0.3, -0.25) is 9.97 Å². The van der Waals surface area contributed by atoms with E-state index in [9.17, 15) is 0 Å². The van der Waals surface area contributed by atoms with E-state index < -0.39 is 0 Å². The molecule has 0 aliphatic heterocycles. The maximum Gasteiger partial charge on any atom is 0.163 e. The Bertz CT molecular complexity index is 6080. The standard InChI is InChI=1S/C80H51N7O2/c1-3-12-36(13-4-1)44-18-11-19-45(37-14-5-2-6-15-37)74(44)85-52-28-48-60-54(32-81-70-38-22-40-24-42-26-50(62(60)70)79(40,42)30-38)86-56-34-83-72-46-16-7-9-20-58(46)88-77(72)66(56)68(75(48)86)64(52)65-53(85)29-49-61-55(33-82-71-39-23-41-25-43-27-51(63(61)71)80(41,43)31-39)87-57-35-84-73-47-17-8-10-21-59(47)89-78(73)67(57)69(65)76(49)87/h1-21,28-29,32-35,38-43,50-51H,22-27,30-31H2. The monoisotopic (exact) mass is 1140 g/mol. The average Bonchev–Trinajstić information content (AvgIpc) is 1.53. The van der Waals surface area contributed by atoms with Crippen LogP contribution in [0.1, 0.15) is 97.6 Å². The van der Waals surface area contributed by atoms with Crippen molar-refractivity contribution < 1.29 is 8.83 Å². The molecule has 2 spiro atoms. The number of nitrogens with zero attached hydrogens (tertiary/aromatic N) is 7. The highest BCUT2D eigenvalue weighted by Gasteiger charge is 2.74. The van der Waals surface area contributed by atoms with Crippen LogP contribution in [0, 0.1) is 34.5 Å². The lowest BCUT2D eigenvalue weighted by molar-refractivity contribution is -0.146. The molecule has 10 unspecified atom stereocenters. The minimum absolute atomic E-state index is 0.415. The molecule has 10 atom stereocenters. The Hall–Kier alpha value is -9.86. The maximum atomic E-state index is 7.33. The summed E-state index contributed by atoms with van der Waals surface area (Å²) in [7, 11) is 0. The Morgan fingerprint density at radius 1 is 0.382 bits per heavy atom. The first kappa shape index (κ1) is 44.6. The van der Waals surface area contributed by atoms with Gasteiger partial charge in [0.05, 0.1) is 85.4 Å². The van der Waals surface area contributed by atoms with Gasteiger partial charge in [0.1, 0.15) is 22.2 Å². The van der Waals surface area contributed by atoms with Gasteiger partial charge in [0, 0.05) is 88.2 Å². The van der Waals surface area contributed by atoms with E-state index in [1.54, 1.807) is 11.1 Å². The van der Waals surface area contributed by atoms with Crippen molar-refractivity contribution >= 4 is 142 Å². The number of rotatable bonds is 3. The molecule has 0 saturated heterocycles. The van der Waals surface area contributed by atoms with Crippen LogP contribution in [0.2, 0.25) is 0 Å². The van der Waals surface area contributed by atoms with E-state index in [1.807, 2.05) is 0 Å². The van der Waals surface area contributed by atoms with Crippen LogP contribution in [0.3, 0.4) is 0 Å². The van der Waals surface area contributed by atoms with Crippen molar-refractivity contribution in [2.75, 3.05) is 0 Å². The van der Waals surface area contributed by atoms with E-state index in [4.69, 9.17) is 28.8 Å². The molecule has 0 N–H and O–H groups in total. The predicted octanol–water partition coefficient (Wildman–Crippen LogP) is 19.8. The van der Waals surface area contributed by atoms with Gasteiger partial charge < -0.3 is 22.2 Å². The van der Waals surface area contributed by atoms with Crippen LogP contribution < -0.4 is 0 Å². The summed E-state index contributed by atoms with van der Waals surface area (Å²) >= 11 is 0. The molecule has 11 heterocycles. The van der Waals surface area contributed by atoms with E-state index in [0.29, 0.717) is 34.5 Å². The van der Waals surface area contributed by atoms with Crippen molar-refractivity contribution in [2.45, 2.75) is 75.0 Å². The molecule has 0 amide bonds. The second kappa shape index (κ2) is 14.2. The van der Waals surface area contributed by atoms with Gasteiger partial charge in [-0.05, 0) is 156 Å². The normalized spacial score (nSPS) is 26.8. The zero-order valence-corrected chi connectivity index (χ0v) is 48.3. The lowest BCUT2D eigenvalue weighted by Crippen LogP contribution is -2.59. The first-order valence-electron chi connectivity index (χ1n) is 32.8. The lowest BCUT2D eigenvalue weighted by atomic mass is 9.36. The lowest BCUT2D eigenvalue weighted by Gasteiger charge is -2.68. The van der Waals surface area contributed by atoms with Gasteiger partial charge in [-0.1, -0.05) is 103 Å². The quantitative estimate of drug-likeness (QED) is 0.175. The van der Waals surface area contributed by atoms with Gasteiger partial charge in [-0.25, -0.2) is 9.97 Å². The third-order valence-electron chi connectivity index (χ3n) is 26.5. The zero-order valence-electron chi connectivity index (χ0n) is 48.3. The van der Waals surface area contributed by atoms with Crippen molar-refractivity contribution in [2.24, 2.45) is 34.5 Å². The van der Waals surface area contributed by atoms with Crippen LogP contribution >= 0.6 is 0 Å². The van der Waals surface area contributed by atoms with Crippen LogP contribution in [0.25, 0.3) is 170 Å². The first-order chi connectivity index (χ1) is 44.1. The highest BCUT2D eigenvalue weighted by Crippen LogP contribution is 2.83. The highest BCUT2D eigenvalue weighted by molar-refractivity contribution is 6.46. The van der Waals surface area contributed by atoms with Crippen LogP contribution in [-0.2, 0) is 0 Å². The largest absolute Gasteiger partial charge is 0.454 e. The van der Waals surface area contributed by atoms with Crippen molar-refractivity contribution in [3.8, 4) is 27.9 Å². The SMILES string of the molecule is c1ccc(-c2cccc(-c3ccccc3)c2-n2c3cc4c5c6c(ncc5n5c7cnc8c9ccccc9oc8c7c(c3c3c7c8c9oc%10ccccc%10c9ncc8n8c9cnc%10c(c9c(cc32)c78)C2CC3CC7CC%10CC732)c45)C2CC3CC4CC6C34C2)cc1. The third-order valence-corrected chi connectivity index (χ3v) is 26.5. The van der Waals surface area contributed by atoms with Crippen LogP contribution in [-0.4, -0.2) is 33.3 Å². The topological polar surface area (TPSA) is 91.6 Å². The number of benzene rings is 7. The Morgan fingerprint density at radius 3 is 1.30 bits per heavy atom. The molecule has 26 rings (SSSR count). The number of hydrogen-bond acceptors (Lipinski definition) is 6. The minimum Gasteiger partial charge on any atom is -0.454 e. The molecule has 9 heteroatoms. The summed E-state index contributed by atoms with van der Waals surface area (Å²) in [5.41, 5.74) is 26.9. The van der Waals surface area contributed by atoms with Crippen molar-refractivity contribution in [3.63, 3.8) is 0 Å². The summed E-state index contributed by atoms with van der Waals surface area (Å²) < 4.78 is 22.6. The van der Waals surface area contributed by atoms with Gasteiger partial charge in [0.15, 0.2) is 11.2 Å². The fourth-order valence-corrected chi connectivity index (χ4v) is 23.4. The van der Waals surface area contributed by atoms with E-state index >= 15 is 0 Å². The smallest absolute Gasteiger partial charge is 0.163 e. The summed E-state index contributed by atoms with van der Waals surface area (Å²) in [6.07, 6.45) is 19.4. The number of fused-ring (bicyclic) bond motifs is 35. The zero-order chi connectivity index (χ0) is 56.5. The second-order valence-electron chi connectivity index (χ2n) is 29.1. The first-order valence-corrected chi connectivity index (χ1v) is 32.8. The number of pyridine rings is 4. The maximum absolute atomic E-state index is 7.33. The molecule has 89 heavy (non-hydrogen) atoms. The summed E-state index contributed by atoms with van der Waals surface area (Å²) in [5, 5.41) is 14.4. The molecule has 6 saturated carbocycles. The summed E-state index contributed by atoms with van der Waals surface area (Å²) in [6, 6.07) is 51.7. The molecule has 7 aromatic carbocycles. The Kier molecular flexibility index (Phi) is 7.09. The fourth-order valence-electron chi connectivity index (χ4n) is 23.4. The number of para-hydroxylation sites is 3. The molecule has 8 aliphatic rings. The molecule has 418 valence electrons. The molecule has 11 aromatic heterocycles. The van der Waals surface area contributed by atoms with Crippen LogP contribution in [0.15, 0.2) is 173 Å². The summed E-state index contributed by atoms with van der Waals surface area (Å²) in [5.74, 6) is 5.32. The van der Waals surface area contributed by atoms with Crippen molar-refractivity contribution in [1.29, 1.82) is 0 Å². The highest BCUT2D eigenvalue weighted by atomic mass is 16.3.